The predicted molar refractivity (Wildman–Crippen MR) is 82.0 cm³/mol. The van der Waals surface area contributed by atoms with Crippen molar-refractivity contribution >= 4 is 18.4 Å². The van der Waals surface area contributed by atoms with Crippen molar-refractivity contribution < 1.29 is 9.53 Å². The lowest BCUT2D eigenvalue weighted by molar-refractivity contribution is -0.134. The van der Waals surface area contributed by atoms with Gasteiger partial charge in [-0.2, -0.15) is 0 Å². The summed E-state index contributed by atoms with van der Waals surface area (Å²) < 4.78 is 5.26. The van der Waals surface area contributed by atoms with Crippen molar-refractivity contribution in [2.24, 2.45) is 5.73 Å². The Morgan fingerprint density at radius 2 is 1.60 bits per heavy atom. The minimum absolute atomic E-state index is 0. The molecule has 0 fully saturated rings. The van der Waals surface area contributed by atoms with E-state index in [2.05, 4.69) is 0 Å². The number of aryl methyl sites for hydroxylation is 1. The minimum Gasteiger partial charge on any atom is -0.427 e. The third-order valence-electron chi connectivity index (χ3n) is 2.85. The summed E-state index contributed by atoms with van der Waals surface area (Å²) in [5.41, 5.74) is 7.66. The molecule has 0 heterocycles. The zero-order chi connectivity index (χ0) is 13.5. The van der Waals surface area contributed by atoms with Crippen LogP contribution in [0.25, 0.3) is 0 Å². The number of nitrogens with two attached hydrogens (primary N) is 1. The maximum Gasteiger partial charge on any atom is 0.311 e. The Morgan fingerprint density at radius 3 is 2.20 bits per heavy atom. The highest BCUT2D eigenvalue weighted by Gasteiger charge is 2.05. The first-order valence-electron chi connectivity index (χ1n) is 6.31. The molecule has 0 aliphatic heterocycles. The standard InChI is InChI=1S/C16H17NO2.ClH/c17-12-14-6-9-15(10-7-14)19-16(18)11-8-13-4-2-1-3-5-13;/h1-7,9-10H,8,11-12,17H2;1H. The van der Waals surface area contributed by atoms with Crippen molar-refractivity contribution in [1.29, 1.82) is 0 Å². The van der Waals surface area contributed by atoms with Gasteiger partial charge in [-0.25, -0.2) is 0 Å². The summed E-state index contributed by atoms with van der Waals surface area (Å²) in [6.45, 7) is 0.488. The lowest BCUT2D eigenvalue weighted by atomic mass is 10.1. The molecule has 0 saturated carbocycles. The summed E-state index contributed by atoms with van der Waals surface area (Å²) in [7, 11) is 0. The van der Waals surface area contributed by atoms with Crippen molar-refractivity contribution in [2.45, 2.75) is 19.4 Å². The van der Waals surface area contributed by atoms with Gasteiger partial charge in [0.1, 0.15) is 5.75 Å². The first kappa shape index (κ1) is 16.2. The molecule has 0 atom stereocenters. The molecule has 0 aromatic heterocycles. The maximum absolute atomic E-state index is 11.7. The number of carbonyl (C=O) groups is 1. The fourth-order valence-electron chi connectivity index (χ4n) is 1.77. The fourth-order valence-corrected chi connectivity index (χ4v) is 1.77. The van der Waals surface area contributed by atoms with E-state index in [4.69, 9.17) is 10.5 Å². The van der Waals surface area contributed by atoms with E-state index in [1.165, 1.54) is 0 Å². The molecule has 3 nitrogen and oxygen atoms in total. The van der Waals surface area contributed by atoms with Crippen LogP contribution in [0.2, 0.25) is 0 Å². The van der Waals surface area contributed by atoms with Crippen LogP contribution in [-0.4, -0.2) is 5.97 Å². The van der Waals surface area contributed by atoms with Crippen LogP contribution in [0.4, 0.5) is 0 Å². The molecule has 106 valence electrons. The van der Waals surface area contributed by atoms with E-state index in [0.717, 1.165) is 11.1 Å². The number of rotatable bonds is 5. The van der Waals surface area contributed by atoms with Crippen LogP contribution in [0.3, 0.4) is 0 Å². The average molecular weight is 292 g/mol. The highest BCUT2D eigenvalue weighted by molar-refractivity contribution is 5.85. The van der Waals surface area contributed by atoms with Gasteiger partial charge in [-0.05, 0) is 29.7 Å². The number of esters is 1. The largest absolute Gasteiger partial charge is 0.427 e. The van der Waals surface area contributed by atoms with Crippen molar-refractivity contribution in [1.82, 2.24) is 0 Å². The summed E-state index contributed by atoms with van der Waals surface area (Å²) >= 11 is 0. The predicted octanol–water partition coefficient (Wildman–Crippen LogP) is 3.11. The van der Waals surface area contributed by atoms with Gasteiger partial charge in [0, 0.05) is 13.0 Å². The van der Waals surface area contributed by atoms with E-state index in [1.807, 2.05) is 42.5 Å². The van der Waals surface area contributed by atoms with Crippen molar-refractivity contribution in [3.63, 3.8) is 0 Å². The molecule has 2 rings (SSSR count). The molecule has 0 amide bonds. The van der Waals surface area contributed by atoms with Gasteiger partial charge >= 0.3 is 5.97 Å². The molecular formula is C16H18ClNO2. The Bertz CT molecular complexity index is 526. The Morgan fingerprint density at radius 1 is 0.950 bits per heavy atom. The number of hydrogen-bond donors (Lipinski definition) is 1. The number of hydrogen-bond acceptors (Lipinski definition) is 3. The smallest absolute Gasteiger partial charge is 0.311 e. The van der Waals surface area contributed by atoms with Crippen LogP contribution in [0.15, 0.2) is 54.6 Å². The molecule has 0 aliphatic rings. The number of carbonyl (C=O) groups excluding carboxylic acids is 1. The number of halogens is 1. The van der Waals surface area contributed by atoms with Crippen LogP contribution in [-0.2, 0) is 17.8 Å². The molecule has 2 aromatic rings. The SMILES string of the molecule is Cl.NCc1ccc(OC(=O)CCc2ccccc2)cc1. The zero-order valence-electron chi connectivity index (χ0n) is 11.1. The monoisotopic (exact) mass is 291 g/mol. The molecule has 0 aliphatic carbocycles. The summed E-state index contributed by atoms with van der Waals surface area (Å²) in [4.78, 5) is 11.7. The summed E-state index contributed by atoms with van der Waals surface area (Å²) in [6, 6.07) is 17.1. The van der Waals surface area contributed by atoms with Gasteiger partial charge in [0.25, 0.3) is 0 Å². The Balaban J connectivity index is 0.00000200. The molecule has 4 heteroatoms. The Hall–Kier alpha value is -1.84. The second kappa shape index (κ2) is 8.35. The number of benzene rings is 2. The first-order valence-corrected chi connectivity index (χ1v) is 6.31. The second-order valence-corrected chi connectivity index (χ2v) is 4.31. The van der Waals surface area contributed by atoms with Crippen LogP contribution in [0.1, 0.15) is 17.5 Å². The van der Waals surface area contributed by atoms with Crippen molar-refractivity contribution in [3.8, 4) is 5.75 Å². The fraction of sp³-hybridized carbons (Fsp3) is 0.188. The average Bonchev–Trinajstić information content (AvgIpc) is 2.47. The molecule has 2 N–H and O–H groups in total. The third-order valence-corrected chi connectivity index (χ3v) is 2.85. The number of ether oxygens (including phenoxy) is 1. The normalized spacial score (nSPS) is 9.65. The maximum atomic E-state index is 11.7. The van der Waals surface area contributed by atoms with Gasteiger partial charge in [-0.3, -0.25) is 4.79 Å². The van der Waals surface area contributed by atoms with Gasteiger partial charge in [-0.15, -0.1) is 12.4 Å². The summed E-state index contributed by atoms with van der Waals surface area (Å²) in [5, 5.41) is 0. The van der Waals surface area contributed by atoms with Crippen molar-refractivity contribution in [2.75, 3.05) is 0 Å². The zero-order valence-corrected chi connectivity index (χ0v) is 11.9. The van der Waals surface area contributed by atoms with Gasteiger partial charge < -0.3 is 10.5 Å². The molecular weight excluding hydrogens is 274 g/mol. The van der Waals surface area contributed by atoms with E-state index >= 15 is 0 Å². The van der Waals surface area contributed by atoms with Gasteiger partial charge in [0.2, 0.25) is 0 Å². The van der Waals surface area contributed by atoms with Gasteiger partial charge in [-0.1, -0.05) is 42.5 Å². The quantitative estimate of drug-likeness (QED) is 0.680. The molecule has 20 heavy (non-hydrogen) atoms. The van der Waals surface area contributed by atoms with Crippen molar-refractivity contribution in [3.05, 3.63) is 65.7 Å². The van der Waals surface area contributed by atoms with Gasteiger partial charge in [0.05, 0.1) is 0 Å². The summed E-state index contributed by atoms with van der Waals surface area (Å²) in [6.07, 6.45) is 1.07. The van der Waals surface area contributed by atoms with Gasteiger partial charge in [0.15, 0.2) is 0 Å². The van der Waals surface area contributed by atoms with E-state index < -0.39 is 0 Å². The topological polar surface area (TPSA) is 52.3 Å². The molecule has 2 aromatic carbocycles. The Labute approximate surface area is 125 Å². The second-order valence-electron chi connectivity index (χ2n) is 4.31. The van der Waals surface area contributed by atoms with E-state index in [0.29, 0.717) is 25.1 Å². The highest BCUT2D eigenvalue weighted by Crippen LogP contribution is 2.13. The highest BCUT2D eigenvalue weighted by atomic mass is 35.5. The third kappa shape index (κ3) is 5.03. The first-order chi connectivity index (χ1) is 9.28. The minimum atomic E-state index is -0.218. The molecule has 0 saturated heterocycles. The molecule has 0 bridgehead atoms. The molecule has 0 spiro atoms. The van der Waals surface area contributed by atoms with Crippen LogP contribution < -0.4 is 10.5 Å². The van der Waals surface area contributed by atoms with Crippen LogP contribution >= 0.6 is 12.4 Å². The molecule has 0 radical (unpaired) electrons. The lowest BCUT2D eigenvalue weighted by Gasteiger charge is -2.05. The van der Waals surface area contributed by atoms with E-state index in [-0.39, 0.29) is 18.4 Å². The molecule has 0 unspecified atom stereocenters. The van der Waals surface area contributed by atoms with E-state index in [9.17, 15) is 4.79 Å². The summed E-state index contributed by atoms with van der Waals surface area (Å²) in [5.74, 6) is 0.347. The van der Waals surface area contributed by atoms with Crippen LogP contribution in [0.5, 0.6) is 5.75 Å². The Kier molecular flexibility index (Phi) is 6.77. The van der Waals surface area contributed by atoms with Crippen LogP contribution in [0, 0.1) is 0 Å². The lowest BCUT2D eigenvalue weighted by Crippen LogP contribution is -2.09. The van der Waals surface area contributed by atoms with E-state index in [1.54, 1.807) is 12.1 Å².